The lowest BCUT2D eigenvalue weighted by molar-refractivity contribution is -0.0287. The van der Waals surface area contributed by atoms with Crippen LogP contribution in [0.4, 0.5) is 0 Å². The molecule has 8 heteroatoms. The SMILES string of the molecule is O=C(O[C@H]1COC2C1OC[C@H]2OC(=O)c1ccc(-c2ccc(O)cc2)cc1)c1ccc(-c2ccc(O)cc2)cc1. The van der Waals surface area contributed by atoms with Gasteiger partial charge in [0.15, 0.2) is 12.2 Å². The predicted molar refractivity (Wildman–Crippen MR) is 145 cm³/mol. The van der Waals surface area contributed by atoms with Crippen molar-refractivity contribution in [3.05, 3.63) is 108 Å². The van der Waals surface area contributed by atoms with E-state index >= 15 is 0 Å². The maximum atomic E-state index is 12.8. The highest BCUT2D eigenvalue weighted by Gasteiger charge is 2.51. The number of esters is 2. The fraction of sp³-hybridized carbons (Fsp3) is 0.188. The van der Waals surface area contributed by atoms with Crippen LogP contribution in [0.5, 0.6) is 11.5 Å². The molecule has 2 fully saturated rings. The van der Waals surface area contributed by atoms with E-state index in [0.29, 0.717) is 11.1 Å². The summed E-state index contributed by atoms with van der Waals surface area (Å²) in [5.74, 6) is -0.617. The van der Waals surface area contributed by atoms with Gasteiger partial charge in [-0.2, -0.15) is 0 Å². The molecular weight excluding hydrogens is 512 g/mol. The molecule has 4 atom stereocenters. The molecule has 0 saturated carbocycles. The molecule has 0 spiro atoms. The molecule has 6 rings (SSSR count). The van der Waals surface area contributed by atoms with E-state index in [1.807, 2.05) is 24.3 Å². The summed E-state index contributed by atoms with van der Waals surface area (Å²) in [7, 11) is 0. The Balaban J connectivity index is 1.04. The van der Waals surface area contributed by atoms with Crippen LogP contribution >= 0.6 is 0 Å². The van der Waals surface area contributed by atoms with Crippen molar-refractivity contribution in [2.45, 2.75) is 24.4 Å². The molecule has 2 unspecified atom stereocenters. The summed E-state index contributed by atoms with van der Waals surface area (Å²) in [4.78, 5) is 25.6. The molecule has 2 aliphatic rings. The number of aromatic hydroxyl groups is 2. The molecular formula is C32H26O8. The Morgan fingerprint density at radius 1 is 0.525 bits per heavy atom. The minimum atomic E-state index is -0.623. The molecule has 40 heavy (non-hydrogen) atoms. The average molecular weight is 539 g/mol. The standard InChI is InChI=1S/C32H26O8/c33-25-13-9-21(10-14-25)19-1-5-23(6-2-19)31(35)39-27-17-37-30-28(18-38-29(27)30)40-32(36)24-7-3-20(4-8-24)22-11-15-26(34)16-12-22/h1-16,27-30,33-34H,17-18H2/t27-,28+,29?,30?. The summed E-state index contributed by atoms with van der Waals surface area (Å²) in [6.07, 6.45) is -2.31. The Morgan fingerprint density at radius 3 is 1.15 bits per heavy atom. The third-order valence-electron chi connectivity index (χ3n) is 7.12. The van der Waals surface area contributed by atoms with Crippen LogP contribution in [-0.2, 0) is 18.9 Å². The van der Waals surface area contributed by atoms with E-state index < -0.39 is 36.4 Å². The van der Waals surface area contributed by atoms with E-state index in [0.717, 1.165) is 22.3 Å². The van der Waals surface area contributed by atoms with Crippen LogP contribution in [0.25, 0.3) is 22.3 Å². The van der Waals surface area contributed by atoms with Crippen LogP contribution < -0.4 is 0 Å². The molecule has 2 saturated heterocycles. The fourth-order valence-corrected chi connectivity index (χ4v) is 4.95. The number of fused-ring (bicyclic) bond motifs is 1. The van der Waals surface area contributed by atoms with E-state index in [2.05, 4.69) is 0 Å². The molecule has 4 aromatic rings. The van der Waals surface area contributed by atoms with Crippen LogP contribution in [0.2, 0.25) is 0 Å². The van der Waals surface area contributed by atoms with Crippen molar-refractivity contribution in [3.8, 4) is 33.8 Å². The zero-order valence-electron chi connectivity index (χ0n) is 21.3. The molecule has 202 valence electrons. The van der Waals surface area contributed by atoms with E-state index in [1.165, 1.54) is 0 Å². The number of phenols is 2. The maximum absolute atomic E-state index is 12.8. The number of ether oxygens (including phenoxy) is 4. The van der Waals surface area contributed by atoms with E-state index in [1.54, 1.807) is 72.8 Å². The molecule has 0 bridgehead atoms. The highest BCUT2D eigenvalue weighted by Crippen LogP contribution is 2.32. The van der Waals surface area contributed by atoms with Crippen LogP contribution in [0.15, 0.2) is 97.1 Å². The van der Waals surface area contributed by atoms with Gasteiger partial charge in [0.25, 0.3) is 0 Å². The zero-order chi connectivity index (χ0) is 27.6. The van der Waals surface area contributed by atoms with Crippen molar-refractivity contribution in [2.24, 2.45) is 0 Å². The molecule has 0 aromatic heterocycles. The van der Waals surface area contributed by atoms with Crippen LogP contribution in [0, 0.1) is 0 Å². The van der Waals surface area contributed by atoms with Gasteiger partial charge in [0, 0.05) is 0 Å². The predicted octanol–water partition coefficient (Wildman–Crippen LogP) is 4.98. The Morgan fingerprint density at radius 2 is 0.825 bits per heavy atom. The van der Waals surface area contributed by atoms with E-state index in [9.17, 15) is 19.8 Å². The third kappa shape index (κ3) is 5.27. The van der Waals surface area contributed by atoms with Crippen molar-refractivity contribution in [2.75, 3.05) is 13.2 Å². The first kappa shape index (κ1) is 25.6. The van der Waals surface area contributed by atoms with Crippen LogP contribution in [-0.4, -0.2) is 59.8 Å². The van der Waals surface area contributed by atoms with Crippen molar-refractivity contribution >= 4 is 11.9 Å². The molecule has 0 amide bonds. The number of carbonyl (C=O) groups excluding carboxylic acids is 2. The highest BCUT2D eigenvalue weighted by atomic mass is 16.7. The summed E-state index contributed by atoms with van der Waals surface area (Å²) in [6, 6.07) is 27.6. The van der Waals surface area contributed by atoms with Crippen molar-refractivity contribution < 1.29 is 38.7 Å². The number of rotatable bonds is 6. The van der Waals surface area contributed by atoms with Gasteiger partial charge in [0.05, 0.1) is 24.3 Å². The highest BCUT2D eigenvalue weighted by molar-refractivity contribution is 5.91. The van der Waals surface area contributed by atoms with Gasteiger partial charge in [-0.15, -0.1) is 0 Å². The molecule has 8 nitrogen and oxygen atoms in total. The van der Waals surface area contributed by atoms with Gasteiger partial charge in [-0.05, 0) is 70.8 Å². The van der Waals surface area contributed by atoms with Gasteiger partial charge in [0.2, 0.25) is 0 Å². The Labute approximate surface area is 230 Å². The maximum Gasteiger partial charge on any atom is 0.338 e. The molecule has 2 heterocycles. The third-order valence-corrected chi connectivity index (χ3v) is 7.12. The molecule has 2 N–H and O–H groups in total. The second-order valence-electron chi connectivity index (χ2n) is 9.73. The summed E-state index contributed by atoms with van der Waals surface area (Å²) in [6.45, 7) is 0.282. The number of phenolic OH excluding ortho intramolecular Hbond substituents is 2. The van der Waals surface area contributed by atoms with Gasteiger partial charge >= 0.3 is 11.9 Å². The van der Waals surface area contributed by atoms with Gasteiger partial charge in [-0.3, -0.25) is 0 Å². The lowest BCUT2D eigenvalue weighted by Crippen LogP contribution is -2.36. The van der Waals surface area contributed by atoms with Gasteiger partial charge in [0.1, 0.15) is 23.7 Å². The number of carbonyl (C=O) groups is 2. The van der Waals surface area contributed by atoms with Crippen molar-refractivity contribution in [1.29, 1.82) is 0 Å². The van der Waals surface area contributed by atoms with Gasteiger partial charge < -0.3 is 29.2 Å². The number of hydrogen-bond acceptors (Lipinski definition) is 8. The Bertz CT molecular complexity index is 1380. The summed E-state index contributed by atoms with van der Waals surface area (Å²) in [5.41, 5.74) is 4.42. The van der Waals surface area contributed by atoms with E-state index in [4.69, 9.17) is 18.9 Å². The Kier molecular flexibility index (Phi) is 6.94. The minimum Gasteiger partial charge on any atom is -0.508 e. The second-order valence-corrected chi connectivity index (χ2v) is 9.73. The van der Waals surface area contributed by atoms with Gasteiger partial charge in [-0.25, -0.2) is 9.59 Å². The minimum absolute atomic E-state index is 0.141. The first-order valence-corrected chi connectivity index (χ1v) is 12.9. The monoisotopic (exact) mass is 538 g/mol. The van der Waals surface area contributed by atoms with Crippen LogP contribution in [0.1, 0.15) is 20.7 Å². The van der Waals surface area contributed by atoms with Crippen LogP contribution in [0.3, 0.4) is 0 Å². The lowest BCUT2D eigenvalue weighted by atomic mass is 10.0. The van der Waals surface area contributed by atoms with E-state index in [-0.39, 0.29) is 24.7 Å². The summed E-state index contributed by atoms with van der Waals surface area (Å²) >= 11 is 0. The first-order valence-electron chi connectivity index (χ1n) is 12.9. The first-order chi connectivity index (χ1) is 19.4. The topological polar surface area (TPSA) is 112 Å². The Hall–Kier alpha value is -4.66. The summed E-state index contributed by atoms with van der Waals surface area (Å²) in [5, 5.41) is 18.9. The van der Waals surface area contributed by atoms with Crippen molar-refractivity contribution in [3.63, 3.8) is 0 Å². The molecule has 0 radical (unpaired) electrons. The number of benzene rings is 4. The molecule has 4 aromatic carbocycles. The fourth-order valence-electron chi connectivity index (χ4n) is 4.95. The smallest absolute Gasteiger partial charge is 0.338 e. The normalized spacial score (nSPS) is 21.5. The molecule has 0 aliphatic carbocycles. The largest absolute Gasteiger partial charge is 0.508 e. The van der Waals surface area contributed by atoms with Crippen molar-refractivity contribution in [1.82, 2.24) is 0 Å². The van der Waals surface area contributed by atoms with Gasteiger partial charge in [-0.1, -0.05) is 48.5 Å². The lowest BCUT2D eigenvalue weighted by Gasteiger charge is -2.17. The summed E-state index contributed by atoms with van der Waals surface area (Å²) < 4.78 is 23.0. The second kappa shape index (κ2) is 10.8. The molecule has 2 aliphatic heterocycles. The number of hydrogen-bond donors (Lipinski definition) is 2. The zero-order valence-corrected chi connectivity index (χ0v) is 21.3. The quantitative estimate of drug-likeness (QED) is 0.331. The average Bonchev–Trinajstić information content (AvgIpc) is 3.57.